The molecule has 1 fully saturated rings. The molecule has 13 heavy (non-hydrogen) atoms. The first-order valence-electron chi connectivity index (χ1n) is 4.64. The number of amides is 1. The van der Waals surface area contributed by atoms with Crippen LogP contribution in [0.5, 0.6) is 0 Å². The fraction of sp³-hybridized carbons (Fsp3) is 0.700. The minimum absolute atomic E-state index is 0.110. The normalized spacial score (nSPS) is 28.2. The van der Waals surface area contributed by atoms with Gasteiger partial charge < -0.3 is 10.0 Å². The van der Waals surface area contributed by atoms with Crippen molar-refractivity contribution < 1.29 is 9.90 Å². The van der Waals surface area contributed by atoms with Crippen molar-refractivity contribution in [3.8, 4) is 12.3 Å². The predicted octanol–water partition coefficient (Wildman–Crippen LogP) is 1.79. The molecule has 1 heterocycles. The molecular formula is C10H15NO2. The van der Waals surface area contributed by atoms with Crippen LogP contribution < -0.4 is 0 Å². The molecule has 0 aliphatic carbocycles. The lowest BCUT2D eigenvalue weighted by Crippen LogP contribution is -2.45. The summed E-state index contributed by atoms with van der Waals surface area (Å²) in [5.74, 6) is 2.74. The largest absolute Gasteiger partial charge is 0.465 e. The molecule has 3 nitrogen and oxygen atoms in total. The molecule has 0 spiro atoms. The van der Waals surface area contributed by atoms with Gasteiger partial charge in [-0.3, -0.25) is 0 Å². The van der Waals surface area contributed by atoms with Crippen LogP contribution >= 0.6 is 0 Å². The molecule has 2 atom stereocenters. The van der Waals surface area contributed by atoms with Crippen molar-refractivity contribution in [2.24, 2.45) is 5.92 Å². The fourth-order valence-corrected chi connectivity index (χ4v) is 1.82. The predicted molar refractivity (Wildman–Crippen MR) is 50.4 cm³/mol. The molecule has 1 rings (SSSR count). The lowest BCUT2D eigenvalue weighted by molar-refractivity contribution is 0.0950. The summed E-state index contributed by atoms with van der Waals surface area (Å²) in [7, 11) is 0. The molecule has 1 N–H and O–H groups in total. The second-order valence-electron chi connectivity index (χ2n) is 3.44. The standard InChI is InChI=1S/C10H15NO2/c1-3-8-5-6-9(4-2)11(7-8)10(12)13/h1,8-9H,4-7H2,2H3,(H,12,13). The van der Waals surface area contributed by atoms with Crippen LogP contribution in [0.3, 0.4) is 0 Å². The number of terminal acetylenes is 1. The van der Waals surface area contributed by atoms with E-state index < -0.39 is 6.09 Å². The monoisotopic (exact) mass is 181 g/mol. The van der Waals surface area contributed by atoms with E-state index in [4.69, 9.17) is 11.5 Å². The van der Waals surface area contributed by atoms with E-state index >= 15 is 0 Å². The van der Waals surface area contributed by atoms with Gasteiger partial charge in [0.05, 0.1) is 0 Å². The summed E-state index contributed by atoms with van der Waals surface area (Å²) in [6.45, 7) is 2.52. The number of hydrogen-bond donors (Lipinski definition) is 1. The molecule has 3 heteroatoms. The van der Waals surface area contributed by atoms with Crippen molar-refractivity contribution in [3.05, 3.63) is 0 Å². The van der Waals surface area contributed by atoms with Gasteiger partial charge in [-0.25, -0.2) is 4.79 Å². The molecule has 0 bridgehead atoms. The Morgan fingerprint density at radius 3 is 2.85 bits per heavy atom. The Hall–Kier alpha value is -1.17. The van der Waals surface area contributed by atoms with Crippen molar-refractivity contribution in [1.82, 2.24) is 4.90 Å². The maximum absolute atomic E-state index is 10.8. The smallest absolute Gasteiger partial charge is 0.407 e. The molecule has 1 aliphatic rings. The lowest BCUT2D eigenvalue weighted by Gasteiger charge is -2.35. The summed E-state index contributed by atoms with van der Waals surface area (Å²) < 4.78 is 0. The van der Waals surface area contributed by atoms with Gasteiger partial charge in [0, 0.05) is 18.5 Å². The van der Waals surface area contributed by atoms with Crippen LogP contribution in [0.25, 0.3) is 0 Å². The van der Waals surface area contributed by atoms with Crippen LogP contribution in [-0.4, -0.2) is 28.7 Å². The summed E-state index contributed by atoms with van der Waals surface area (Å²) in [6.07, 6.45) is 7.18. The zero-order chi connectivity index (χ0) is 9.84. The topological polar surface area (TPSA) is 40.5 Å². The molecule has 1 saturated heterocycles. The van der Waals surface area contributed by atoms with E-state index in [0.29, 0.717) is 6.54 Å². The van der Waals surface area contributed by atoms with Gasteiger partial charge in [0.2, 0.25) is 0 Å². The maximum Gasteiger partial charge on any atom is 0.407 e. The van der Waals surface area contributed by atoms with E-state index in [0.717, 1.165) is 19.3 Å². The highest BCUT2D eigenvalue weighted by Crippen LogP contribution is 2.23. The summed E-state index contributed by atoms with van der Waals surface area (Å²) in [6, 6.07) is 0.169. The van der Waals surface area contributed by atoms with E-state index in [9.17, 15) is 4.79 Å². The maximum atomic E-state index is 10.8. The molecule has 2 unspecified atom stereocenters. The molecule has 1 amide bonds. The summed E-state index contributed by atoms with van der Waals surface area (Å²) in [5.41, 5.74) is 0. The third-order valence-electron chi connectivity index (χ3n) is 2.66. The van der Waals surface area contributed by atoms with Crippen LogP contribution in [0.15, 0.2) is 0 Å². The van der Waals surface area contributed by atoms with Gasteiger partial charge in [0.1, 0.15) is 0 Å². The van der Waals surface area contributed by atoms with Gasteiger partial charge in [-0.05, 0) is 19.3 Å². The van der Waals surface area contributed by atoms with Crippen molar-refractivity contribution in [2.75, 3.05) is 6.54 Å². The first-order valence-corrected chi connectivity index (χ1v) is 4.64. The van der Waals surface area contributed by atoms with E-state index in [-0.39, 0.29) is 12.0 Å². The minimum Gasteiger partial charge on any atom is -0.465 e. The van der Waals surface area contributed by atoms with Crippen LogP contribution in [0.1, 0.15) is 26.2 Å². The zero-order valence-electron chi connectivity index (χ0n) is 7.86. The van der Waals surface area contributed by atoms with Crippen LogP contribution in [-0.2, 0) is 0 Å². The van der Waals surface area contributed by atoms with Gasteiger partial charge in [0.25, 0.3) is 0 Å². The summed E-state index contributed by atoms with van der Waals surface area (Å²) in [4.78, 5) is 12.3. The average Bonchev–Trinajstić information content (AvgIpc) is 2.16. The highest BCUT2D eigenvalue weighted by molar-refractivity contribution is 5.65. The van der Waals surface area contributed by atoms with Crippen molar-refractivity contribution in [1.29, 1.82) is 0 Å². The molecule has 0 aromatic rings. The van der Waals surface area contributed by atoms with E-state index in [1.807, 2.05) is 6.92 Å². The Labute approximate surface area is 78.7 Å². The number of likely N-dealkylation sites (tertiary alicyclic amines) is 1. The van der Waals surface area contributed by atoms with Crippen LogP contribution in [0.4, 0.5) is 4.79 Å². The Bertz CT molecular complexity index is 232. The Morgan fingerprint density at radius 2 is 2.38 bits per heavy atom. The summed E-state index contributed by atoms with van der Waals surface area (Å²) in [5, 5.41) is 8.91. The first-order chi connectivity index (χ1) is 6.19. The van der Waals surface area contributed by atoms with Gasteiger partial charge in [-0.1, -0.05) is 6.92 Å². The molecule has 0 saturated carbocycles. The number of carbonyl (C=O) groups is 1. The first kappa shape index (κ1) is 9.91. The van der Waals surface area contributed by atoms with Crippen molar-refractivity contribution >= 4 is 6.09 Å². The molecule has 1 aliphatic heterocycles. The van der Waals surface area contributed by atoms with Gasteiger partial charge >= 0.3 is 6.09 Å². The minimum atomic E-state index is -0.841. The lowest BCUT2D eigenvalue weighted by atomic mass is 9.92. The number of carboxylic acid groups (broad SMARTS) is 1. The number of piperidine rings is 1. The zero-order valence-corrected chi connectivity index (χ0v) is 7.86. The quantitative estimate of drug-likeness (QED) is 0.626. The highest BCUT2D eigenvalue weighted by Gasteiger charge is 2.29. The SMILES string of the molecule is C#CC1CCC(CC)N(C(=O)O)C1. The molecular weight excluding hydrogens is 166 g/mol. The van der Waals surface area contributed by atoms with Crippen molar-refractivity contribution in [3.63, 3.8) is 0 Å². The number of nitrogens with zero attached hydrogens (tertiary/aromatic N) is 1. The highest BCUT2D eigenvalue weighted by atomic mass is 16.4. The van der Waals surface area contributed by atoms with Crippen LogP contribution in [0.2, 0.25) is 0 Å². The Morgan fingerprint density at radius 1 is 1.69 bits per heavy atom. The van der Waals surface area contributed by atoms with Gasteiger partial charge in [0.15, 0.2) is 0 Å². The van der Waals surface area contributed by atoms with E-state index in [2.05, 4.69) is 5.92 Å². The van der Waals surface area contributed by atoms with E-state index in [1.54, 1.807) is 0 Å². The molecule has 0 radical (unpaired) electrons. The number of hydrogen-bond acceptors (Lipinski definition) is 1. The average molecular weight is 181 g/mol. The summed E-state index contributed by atoms with van der Waals surface area (Å²) >= 11 is 0. The van der Waals surface area contributed by atoms with E-state index in [1.165, 1.54) is 4.90 Å². The Balaban J connectivity index is 2.64. The molecule has 72 valence electrons. The van der Waals surface area contributed by atoms with Gasteiger partial charge in [-0.2, -0.15) is 0 Å². The second-order valence-corrected chi connectivity index (χ2v) is 3.44. The van der Waals surface area contributed by atoms with Crippen molar-refractivity contribution in [2.45, 2.75) is 32.2 Å². The van der Waals surface area contributed by atoms with Crippen LogP contribution in [0, 0.1) is 18.3 Å². The molecule has 0 aromatic carbocycles. The van der Waals surface area contributed by atoms with Gasteiger partial charge in [-0.15, -0.1) is 12.3 Å². The second kappa shape index (κ2) is 4.18. The molecule has 0 aromatic heterocycles. The Kier molecular flexibility index (Phi) is 3.18. The number of rotatable bonds is 1. The third kappa shape index (κ3) is 2.15. The fourth-order valence-electron chi connectivity index (χ4n) is 1.82. The third-order valence-corrected chi connectivity index (χ3v) is 2.66.